The number of alkyl halides is 1. The summed E-state index contributed by atoms with van der Waals surface area (Å²) in [5.74, 6) is 0.939. The molecule has 1 heterocycles. The zero-order chi connectivity index (χ0) is 30.4. The molecule has 1 unspecified atom stereocenters. The number of ketones is 1. The van der Waals surface area contributed by atoms with Crippen molar-refractivity contribution < 1.29 is 18.7 Å². The van der Waals surface area contributed by atoms with Gasteiger partial charge in [0.05, 0.1) is 36.5 Å². The number of ether oxygens (including phenoxy) is 2. The third-order valence-corrected chi connectivity index (χ3v) is 8.43. The van der Waals surface area contributed by atoms with E-state index < -0.39 is 11.8 Å². The highest BCUT2D eigenvalue weighted by Crippen LogP contribution is 2.55. The van der Waals surface area contributed by atoms with Crippen LogP contribution in [0.15, 0.2) is 49.2 Å². The van der Waals surface area contributed by atoms with Gasteiger partial charge in [-0.3, -0.25) is 10.2 Å². The van der Waals surface area contributed by atoms with E-state index in [2.05, 4.69) is 26.5 Å². The highest BCUT2D eigenvalue weighted by Gasteiger charge is 2.44. The van der Waals surface area contributed by atoms with Crippen LogP contribution in [-0.4, -0.2) is 23.8 Å². The van der Waals surface area contributed by atoms with Crippen molar-refractivity contribution in [2.75, 3.05) is 7.11 Å². The molecular formula is C34H44FN3O3. The number of nitriles is 1. The molecule has 1 atom stereocenters. The van der Waals surface area contributed by atoms with Gasteiger partial charge in [-0.15, -0.1) is 6.58 Å². The maximum absolute atomic E-state index is 14.4. The highest BCUT2D eigenvalue weighted by atomic mass is 19.1. The van der Waals surface area contributed by atoms with Crippen molar-refractivity contribution in [1.82, 2.24) is 4.57 Å². The molecule has 1 saturated carbocycles. The summed E-state index contributed by atoms with van der Waals surface area (Å²) < 4.78 is 27.3. The molecule has 0 spiro atoms. The maximum Gasteiger partial charge on any atom is 0.202 e. The number of halogens is 1. The van der Waals surface area contributed by atoms with E-state index in [1.165, 1.54) is 26.0 Å². The molecule has 1 fully saturated rings. The molecule has 0 radical (unpaired) electrons. The van der Waals surface area contributed by atoms with E-state index in [9.17, 15) is 14.4 Å². The fourth-order valence-corrected chi connectivity index (χ4v) is 5.40. The fourth-order valence-electron chi connectivity index (χ4n) is 5.40. The first-order chi connectivity index (χ1) is 19.4. The fraction of sp³-hybridized carbons (Fsp3) is 0.500. The van der Waals surface area contributed by atoms with Crippen molar-refractivity contribution in [1.29, 1.82) is 10.7 Å². The summed E-state index contributed by atoms with van der Waals surface area (Å²) in [5, 5.41) is 18.2. The van der Waals surface area contributed by atoms with Crippen LogP contribution in [0.3, 0.4) is 0 Å². The quantitative estimate of drug-likeness (QED) is 0.177. The molecule has 0 saturated heterocycles. The summed E-state index contributed by atoms with van der Waals surface area (Å²) >= 11 is 0. The number of rotatable bonds is 15. The summed E-state index contributed by atoms with van der Waals surface area (Å²) in [6, 6.07) is 9.40. The zero-order valence-electron chi connectivity index (χ0n) is 25.4. The van der Waals surface area contributed by atoms with Crippen LogP contribution in [0.2, 0.25) is 0 Å². The van der Waals surface area contributed by atoms with Gasteiger partial charge >= 0.3 is 0 Å². The van der Waals surface area contributed by atoms with Gasteiger partial charge in [0.1, 0.15) is 11.2 Å². The number of allylic oxidation sites excluding steroid dienone is 1. The number of aromatic nitrogens is 1. The number of nitrogens with zero attached hydrogens (tertiary/aromatic N) is 2. The number of carbonyl (C=O) groups excluding carboxylic acids is 1. The first kappa shape index (κ1) is 32.0. The Kier molecular flexibility index (Phi) is 10.5. The van der Waals surface area contributed by atoms with E-state index in [0.717, 1.165) is 18.4 Å². The van der Waals surface area contributed by atoms with Gasteiger partial charge in [-0.05, 0) is 93.2 Å². The second-order valence-corrected chi connectivity index (χ2v) is 11.8. The molecule has 6 nitrogen and oxygen atoms in total. The van der Waals surface area contributed by atoms with Gasteiger partial charge in [0.15, 0.2) is 5.78 Å². The maximum atomic E-state index is 14.4. The second kappa shape index (κ2) is 13.4. The number of hydrogen-bond donors (Lipinski definition) is 1. The van der Waals surface area contributed by atoms with Crippen LogP contribution in [0, 0.1) is 28.1 Å². The number of Topliss-reactive ketones (excluding diaryl/α,β-unsaturated/α-hetero) is 1. The van der Waals surface area contributed by atoms with E-state index in [0.29, 0.717) is 45.9 Å². The molecule has 1 aromatic heterocycles. The van der Waals surface area contributed by atoms with Crippen LogP contribution in [0.5, 0.6) is 5.75 Å². The van der Waals surface area contributed by atoms with Gasteiger partial charge in [-0.25, -0.2) is 4.39 Å². The van der Waals surface area contributed by atoms with Gasteiger partial charge in [-0.2, -0.15) is 5.26 Å². The average molecular weight is 562 g/mol. The number of pyridine rings is 1. The van der Waals surface area contributed by atoms with Crippen LogP contribution < -0.4 is 10.2 Å². The third-order valence-electron chi connectivity index (χ3n) is 8.43. The first-order valence-corrected chi connectivity index (χ1v) is 14.4. The SMILES string of the molecule is C=CCC(F)OCc1cc(/C(=C/C)n2ccc(C(C)(C)C#N)cc2=N)cc(OC)c1C(=O)CCCC1(C(C)C)CC1. The van der Waals surface area contributed by atoms with Gasteiger partial charge in [0.2, 0.25) is 6.36 Å². The topological polar surface area (TPSA) is 88.1 Å². The minimum absolute atomic E-state index is 0.0426. The summed E-state index contributed by atoms with van der Waals surface area (Å²) in [6.45, 7) is 13.5. The Balaban J connectivity index is 2.01. The number of carbonyl (C=O) groups is 1. The Morgan fingerprint density at radius 3 is 2.56 bits per heavy atom. The molecular weight excluding hydrogens is 517 g/mol. The largest absolute Gasteiger partial charge is 0.496 e. The molecule has 1 N–H and O–H groups in total. The summed E-state index contributed by atoms with van der Waals surface area (Å²) in [6.07, 6.45) is 8.19. The van der Waals surface area contributed by atoms with Crippen molar-refractivity contribution in [2.45, 2.75) is 91.5 Å². The molecule has 0 aliphatic heterocycles. The number of methoxy groups -OCH3 is 1. The standard InChI is InChI=1S/C34H44FN3O3/c1-8-11-30(35)41-21-25-18-24(27(9-2)38-17-13-26(20-31(38)37)33(5,6)22-36)19-29(40-7)32(25)28(39)12-10-14-34(15-16-34)23(3)4/h8-9,13,17-20,23,30,37H,1,10-12,14-16,21H2,2-7H3/b27-9-,37-31?. The third kappa shape index (κ3) is 7.42. The molecule has 3 rings (SSSR count). The Labute approximate surface area is 244 Å². The number of hydrogen-bond acceptors (Lipinski definition) is 5. The van der Waals surface area contributed by atoms with Crippen molar-refractivity contribution >= 4 is 11.5 Å². The minimum atomic E-state index is -1.54. The monoisotopic (exact) mass is 561 g/mol. The lowest BCUT2D eigenvalue weighted by Crippen LogP contribution is -2.24. The Bertz CT molecular complexity index is 1390. The first-order valence-electron chi connectivity index (χ1n) is 14.4. The minimum Gasteiger partial charge on any atom is -0.496 e. The van der Waals surface area contributed by atoms with Gasteiger partial charge in [-0.1, -0.05) is 26.0 Å². The zero-order valence-corrected chi connectivity index (χ0v) is 25.4. The van der Waals surface area contributed by atoms with Crippen LogP contribution >= 0.6 is 0 Å². The van der Waals surface area contributed by atoms with Crippen molar-refractivity contribution in [3.63, 3.8) is 0 Å². The normalized spacial score (nSPS) is 15.3. The average Bonchev–Trinajstić information content (AvgIpc) is 3.74. The van der Waals surface area contributed by atoms with Crippen LogP contribution in [0.1, 0.15) is 100 Å². The molecule has 0 bridgehead atoms. The lowest BCUT2D eigenvalue weighted by molar-refractivity contribution is -0.0462. The van der Waals surface area contributed by atoms with Gasteiger partial charge < -0.3 is 14.0 Å². The van der Waals surface area contributed by atoms with E-state index in [-0.39, 0.29) is 24.3 Å². The number of nitrogens with one attached hydrogen (secondary N) is 1. The summed E-state index contributed by atoms with van der Waals surface area (Å²) in [4.78, 5) is 13.6. The molecule has 1 aliphatic rings. The van der Waals surface area contributed by atoms with Crippen molar-refractivity contribution in [3.05, 3.63) is 76.9 Å². The Morgan fingerprint density at radius 2 is 2.02 bits per heavy atom. The van der Waals surface area contributed by atoms with E-state index in [1.807, 2.05) is 39.0 Å². The van der Waals surface area contributed by atoms with Crippen molar-refractivity contribution in [3.8, 4) is 11.8 Å². The van der Waals surface area contributed by atoms with E-state index in [4.69, 9.17) is 14.9 Å². The Morgan fingerprint density at radius 1 is 1.32 bits per heavy atom. The molecule has 41 heavy (non-hydrogen) atoms. The molecule has 1 aliphatic carbocycles. The number of benzene rings is 1. The predicted octanol–water partition coefficient (Wildman–Crippen LogP) is 7.86. The second-order valence-electron chi connectivity index (χ2n) is 11.8. The molecule has 0 amide bonds. The van der Waals surface area contributed by atoms with Crippen molar-refractivity contribution in [2.24, 2.45) is 11.3 Å². The summed E-state index contributed by atoms with van der Waals surface area (Å²) in [7, 11) is 1.52. The highest BCUT2D eigenvalue weighted by molar-refractivity contribution is 6.00. The van der Waals surface area contributed by atoms with E-state index in [1.54, 1.807) is 22.9 Å². The van der Waals surface area contributed by atoms with Crippen LogP contribution in [-0.2, 0) is 16.8 Å². The smallest absolute Gasteiger partial charge is 0.202 e. The molecule has 7 heteroatoms. The Hall–Kier alpha value is -3.50. The predicted molar refractivity (Wildman–Crippen MR) is 160 cm³/mol. The van der Waals surface area contributed by atoms with E-state index >= 15 is 0 Å². The lowest BCUT2D eigenvalue weighted by Gasteiger charge is -2.21. The van der Waals surface area contributed by atoms with Crippen LogP contribution in [0.4, 0.5) is 4.39 Å². The molecule has 2 aromatic rings. The van der Waals surface area contributed by atoms with Crippen LogP contribution in [0.25, 0.3) is 5.70 Å². The molecule has 220 valence electrons. The van der Waals surface area contributed by atoms with Gasteiger partial charge in [0, 0.05) is 24.6 Å². The van der Waals surface area contributed by atoms with Gasteiger partial charge in [0.25, 0.3) is 0 Å². The molecule has 1 aromatic carbocycles. The lowest BCUT2D eigenvalue weighted by atomic mass is 9.86. The summed E-state index contributed by atoms with van der Waals surface area (Å²) in [5.41, 5.74) is 2.89.